The van der Waals surface area contributed by atoms with Gasteiger partial charge in [-0.15, -0.1) is 0 Å². The second-order valence-electron chi connectivity index (χ2n) is 6.73. The van der Waals surface area contributed by atoms with Crippen LogP contribution in [0.2, 0.25) is 15.1 Å². The molecule has 0 radical (unpaired) electrons. The van der Waals surface area contributed by atoms with E-state index in [1.165, 1.54) is 30.3 Å². The predicted molar refractivity (Wildman–Crippen MR) is 128 cm³/mol. The van der Waals surface area contributed by atoms with Gasteiger partial charge in [0.15, 0.2) is 0 Å². The molecule has 0 saturated carbocycles. The van der Waals surface area contributed by atoms with Crippen molar-refractivity contribution in [2.75, 3.05) is 5.32 Å². The van der Waals surface area contributed by atoms with Gasteiger partial charge in [-0.3, -0.25) is 4.79 Å². The van der Waals surface area contributed by atoms with Crippen molar-refractivity contribution in [2.24, 2.45) is 0 Å². The number of carboxylic acid groups (broad SMARTS) is 1. The predicted octanol–water partition coefficient (Wildman–Crippen LogP) is 6.47. The van der Waals surface area contributed by atoms with E-state index in [1.807, 2.05) is 6.07 Å². The van der Waals surface area contributed by atoms with Crippen LogP contribution >= 0.6 is 34.8 Å². The Morgan fingerprint density at radius 3 is 2.27 bits per heavy atom. The van der Waals surface area contributed by atoms with E-state index in [0.717, 1.165) is 0 Å². The number of aromatic carboxylic acids is 1. The Balaban J connectivity index is 1.85. The SMILES string of the molecule is N#C/C(=C\c1cc(Cl)cc(Cl)c1OCc1ccc(C(=O)O)cc1)C(=O)Nc1ccc(Cl)cc1. The zero-order valence-corrected chi connectivity index (χ0v) is 19.1. The fourth-order valence-corrected chi connectivity index (χ4v) is 3.46. The molecule has 0 bridgehead atoms. The van der Waals surface area contributed by atoms with Gasteiger partial charge in [0.25, 0.3) is 5.91 Å². The van der Waals surface area contributed by atoms with E-state index in [0.29, 0.717) is 26.9 Å². The van der Waals surface area contributed by atoms with Crippen LogP contribution in [0.15, 0.2) is 66.2 Å². The summed E-state index contributed by atoms with van der Waals surface area (Å²) >= 11 is 18.3. The van der Waals surface area contributed by atoms with Gasteiger partial charge >= 0.3 is 5.97 Å². The number of nitriles is 1. The molecule has 166 valence electrons. The lowest BCUT2D eigenvalue weighted by molar-refractivity contribution is -0.112. The molecule has 3 aromatic carbocycles. The standard InChI is InChI=1S/C24H15Cl3N2O4/c25-18-5-7-20(8-6-18)29-23(30)17(12-28)9-16-10-19(26)11-21(27)22(16)33-13-14-1-3-15(4-2-14)24(31)32/h1-11H,13H2,(H,29,30)(H,31,32)/b17-9+. The van der Waals surface area contributed by atoms with Crippen molar-refractivity contribution in [3.63, 3.8) is 0 Å². The van der Waals surface area contributed by atoms with Crippen molar-refractivity contribution in [2.45, 2.75) is 6.61 Å². The van der Waals surface area contributed by atoms with Crippen LogP contribution in [0.4, 0.5) is 5.69 Å². The van der Waals surface area contributed by atoms with Crippen molar-refractivity contribution in [1.82, 2.24) is 0 Å². The molecule has 0 heterocycles. The zero-order chi connectivity index (χ0) is 24.0. The fourth-order valence-electron chi connectivity index (χ4n) is 2.77. The van der Waals surface area contributed by atoms with E-state index in [1.54, 1.807) is 36.4 Å². The molecule has 0 atom stereocenters. The Hall–Kier alpha value is -3.50. The van der Waals surface area contributed by atoms with Crippen LogP contribution < -0.4 is 10.1 Å². The number of ether oxygens (including phenoxy) is 1. The number of nitrogens with zero attached hydrogens (tertiary/aromatic N) is 1. The van der Waals surface area contributed by atoms with Crippen molar-refractivity contribution in [1.29, 1.82) is 5.26 Å². The highest BCUT2D eigenvalue weighted by Gasteiger charge is 2.15. The minimum absolute atomic E-state index is 0.0704. The van der Waals surface area contributed by atoms with Crippen LogP contribution in [-0.4, -0.2) is 17.0 Å². The van der Waals surface area contributed by atoms with E-state index in [2.05, 4.69) is 5.32 Å². The maximum atomic E-state index is 12.6. The summed E-state index contributed by atoms with van der Waals surface area (Å²) in [7, 11) is 0. The number of hydrogen-bond acceptors (Lipinski definition) is 4. The van der Waals surface area contributed by atoms with Crippen LogP contribution in [0.3, 0.4) is 0 Å². The molecule has 3 aromatic rings. The summed E-state index contributed by atoms with van der Waals surface area (Å²) in [6, 6.07) is 17.4. The Labute approximate surface area is 204 Å². The quantitative estimate of drug-likeness (QED) is 0.285. The Morgan fingerprint density at radius 1 is 1.00 bits per heavy atom. The average molecular weight is 502 g/mol. The largest absolute Gasteiger partial charge is 0.487 e. The highest BCUT2D eigenvalue weighted by Crippen LogP contribution is 2.34. The van der Waals surface area contributed by atoms with Crippen LogP contribution in [0.25, 0.3) is 6.08 Å². The first kappa shape index (κ1) is 24.1. The van der Waals surface area contributed by atoms with Gasteiger partial charge in [0.2, 0.25) is 0 Å². The maximum Gasteiger partial charge on any atom is 0.335 e. The monoisotopic (exact) mass is 500 g/mol. The highest BCUT2D eigenvalue weighted by molar-refractivity contribution is 6.36. The van der Waals surface area contributed by atoms with Gasteiger partial charge in [0.1, 0.15) is 24.0 Å². The molecular weight excluding hydrogens is 487 g/mol. The van der Waals surface area contributed by atoms with Gasteiger partial charge in [-0.25, -0.2) is 4.79 Å². The smallest absolute Gasteiger partial charge is 0.335 e. The van der Waals surface area contributed by atoms with Gasteiger partial charge in [0, 0.05) is 21.3 Å². The average Bonchev–Trinajstić information content (AvgIpc) is 2.78. The zero-order valence-electron chi connectivity index (χ0n) is 16.8. The molecule has 6 nitrogen and oxygen atoms in total. The van der Waals surface area contributed by atoms with Crippen LogP contribution in [-0.2, 0) is 11.4 Å². The number of benzene rings is 3. The van der Waals surface area contributed by atoms with Crippen molar-refractivity contribution >= 4 is 58.4 Å². The van der Waals surface area contributed by atoms with E-state index < -0.39 is 11.9 Å². The van der Waals surface area contributed by atoms with Gasteiger partial charge in [-0.2, -0.15) is 5.26 Å². The lowest BCUT2D eigenvalue weighted by Gasteiger charge is -2.13. The number of carbonyl (C=O) groups excluding carboxylic acids is 1. The third kappa shape index (κ3) is 6.50. The number of rotatable bonds is 7. The number of anilines is 1. The third-order valence-electron chi connectivity index (χ3n) is 4.39. The molecule has 9 heteroatoms. The number of halogens is 3. The summed E-state index contributed by atoms with van der Waals surface area (Å²) in [6.45, 7) is 0.0704. The number of hydrogen-bond donors (Lipinski definition) is 2. The van der Waals surface area contributed by atoms with Gasteiger partial charge < -0.3 is 15.2 Å². The van der Waals surface area contributed by atoms with Crippen LogP contribution in [0.1, 0.15) is 21.5 Å². The third-order valence-corrected chi connectivity index (χ3v) is 5.14. The number of nitrogens with one attached hydrogen (secondary N) is 1. The van der Waals surface area contributed by atoms with Crippen molar-refractivity contribution in [3.8, 4) is 11.8 Å². The lowest BCUT2D eigenvalue weighted by atomic mass is 10.1. The maximum absolute atomic E-state index is 12.6. The number of carboxylic acids is 1. The molecule has 0 aliphatic rings. The highest BCUT2D eigenvalue weighted by atomic mass is 35.5. The topological polar surface area (TPSA) is 99.4 Å². The Bertz CT molecular complexity index is 1260. The fraction of sp³-hybridized carbons (Fsp3) is 0.0417. The Kier molecular flexibility index (Phi) is 7.96. The van der Waals surface area contributed by atoms with E-state index in [4.69, 9.17) is 44.6 Å². The normalized spacial score (nSPS) is 10.9. The minimum atomic E-state index is -1.03. The van der Waals surface area contributed by atoms with Gasteiger partial charge in [0.05, 0.1) is 10.6 Å². The van der Waals surface area contributed by atoms with E-state index in [-0.39, 0.29) is 28.5 Å². The van der Waals surface area contributed by atoms with E-state index in [9.17, 15) is 14.9 Å². The molecule has 0 aliphatic heterocycles. The minimum Gasteiger partial charge on any atom is -0.487 e. The summed E-state index contributed by atoms with van der Waals surface area (Å²) < 4.78 is 5.83. The summed E-state index contributed by atoms with van der Waals surface area (Å²) in [5.41, 5.74) is 1.45. The second-order valence-corrected chi connectivity index (χ2v) is 8.01. The summed E-state index contributed by atoms with van der Waals surface area (Å²) in [5.74, 6) is -1.45. The first-order valence-corrected chi connectivity index (χ1v) is 10.5. The summed E-state index contributed by atoms with van der Waals surface area (Å²) in [6.07, 6.45) is 1.33. The van der Waals surface area contributed by atoms with Crippen molar-refractivity contribution in [3.05, 3.63) is 98.0 Å². The van der Waals surface area contributed by atoms with Crippen LogP contribution in [0, 0.1) is 11.3 Å². The molecule has 0 aliphatic carbocycles. The molecule has 3 rings (SSSR count). The van der Waals surface area contributed by atoms with Crippen molar-refractivity contribution < 1.29 is 19.4 Å². The number of carbonyl (C=O) groups is 2. The van der Waals surface area contributed by atoms with Gasteiger partial charge in [-0.1, -0.05) is 46.9 Å². The summed E-state index contributed by atoms with van der Waals surface area (Å²) in [5, 5.41) is 22.1. The first-order valence-electron chi connectivity index (χ1n) is 9.39. The molecule has 0 unspecified atom stereocenters. The Morgan fingerprint density at radius 2 is 1.67 bits per heavy atom. The first-order chi connectivity index (χ1) is 15.8. The van der Waals surface area contributed by atoms with Gasteiger partial charge in [-0.05, 0) is 60.2 Å². The molecule has 0 saturated heterocycles. The summed E-state index contributed by atoms with van der Waals surface area (Å²) in [4.78, 5) is 23.6. The van der Waals surface area contributed by atoms with E-state index >= 15 is 0 Å². The second kappa shape index (κ2) is 10.9. The van der Waals surface area contributed by atoms with Crippen LogP contribution in [0.5, 0.6) is 5.75 Å². The molecule has 0 fully saturated rings. The number of amides is 1. The molecule has 33 heavy (non-hydrogen) atoms. The molecule has 2 N–H and O–H groups in total. The molecule has 0 aromatic heterocycles. The molecular formula is C24H15Cl3N2O4. The lowest BCUT2D eigenvalue weighted by Crippen LogP contribution is -2.13. The molecule has 0 spiro atoms. The molecule has 1 amide bonds.